The highest BCUT2D eigenvalue weighted by Gasteiger charge is 2.23. The van der Waals surface area contributed by atoms with Crippen LogP contribution in [0.15, 0.2) is 54.6 Å². The second-order valence-corrected chi connectivity index (χ2v) is 7.22. The minimum atomic E-state index is -0.658. The summed E-state index contributed by atoms with van der Waals surface area (Å²) < 4.78 is 5.83. The topological polar surface area (TPSA) is 67.4 Å². The van der Waals surface area contributed by atoms with E-state index in [-0.39, 0.29) is 17.7 Å². The van der Waals surface area contributed by atoms with E-state index >= 15 is 0 Å². The molecule has 0 heterocycles. The van der Waals surface area contributed by atoms with E-state index in [4.69, 9.17) is 4.74 Å². The molecule has 0 aromatic heterocycles. The lowest BCUT2D eigenvalue weighted by atomic mass is 9.89. The molecule has 1 saturated carbocycles. The molecule has 148 valence electrons. The summed E-state index contributed by atoms with van der Waals surface area (Å²) in [5.74, 6) is 0.190. The van der Waals surface area contributed by atoms with E-state index in [9.17, 15) is 9.59 Å². The smallest absolute Gasteiger partial charge is 0.279 e. The maximum absolute atomic E-state index is 12.4. The average Bonchev–Trinajstić information content (AvgIpc) is 2.77. The molecule has 2 N–H and O–H groups in total. The van der Waals surface area contributed by atoms with Crippen molar-refractivity contribution in [2.75, 3.05) is 0 Å². The third kappa shape index (κ3) is 5.35. The summed E-state index contributed by atoms with van der Waals surface area (Å²) in [7, 11) is 0. The molecule has 1 aliphatic carbocycles. The molecule has 1 aliphatic rings. The van der Waals surface area contributed by atoms with Crippen molar-refractivity contribution in [1.82, 2.24) is 10.9 Å². The van der Waals surface area contributed by atoms with Gasteiger partial charge in [0.1, 0.15) is 5.75 Å². The third-order valence-corrected chi connectivity index (χ3v) is 5.19. The Morgan fingerprint density at radius 2 is 1.57 bits per heavy atom. The molecular formula is C23H28N2O3. The highest BCUT2D eigenvalue weighted by molar-refractivity contribution is 5.85. The number of benzene rings is 2. The van der Waals surface area contributed by atoms with Crippen molar-refractivity contribution in [3.8, 4) is 16.9 Å². The van der Waals surface area contributed by atoms with Gasteiger partial charge in [0.15, 0.2) is 6.10 Å². The summed E-state index contributed by atoms with van der Waals surface area (Å²) >= 11 is 0. The maximum atomic E-state index is 12.4. The van der Waals surface area contributed by atoms with Crippen molar-refractivity contribution in [3.05, 3.63) is 54.6 Å². The number of nitrogens with one attached hydrogen (secondary N) is 2. The van der Waals surface area contributed by atoms with E-state index in [1.165, 1.54) is 6.42 Å². The van der Waals surface area contributed by atoms with Gasteiger partial charge in [0.2, 0.25) is 5.91 Å². The van der Waals surface area contributed by atoms with Crippen LogP contribution in [0, 0.1) is 5.92 Å². The molecule has 1 fully saturated rings. The van der Waals surface area contributed by atoms with Crippen LogP contribution in [0.4, 0.5) is 0 Å². The first-order chi connectivity index (χ1) is 13.7. The van der Waals surface area contributed by atoms with Crippen molar-refractivity contribution in [2.24, 2.45) is 5.92 Å². The summed E-state index contributed by atoms with van der Waals surface area (Å²) in [4.78, 5) is 24.6. The molecule has 1 atom stereocenters. The van der Waals surface area contributed by atoms with Crippen LogP contribution in [0.3, 0.4) is 0 Å². The van der Waals surface area contributed by atoms with E-state index in [1.54, 1.807) is 0 Å². The predicted octanol–water partition coefficient (Wildman–Crippen LogP) is 4.24. The lowest BCUT2D eigenvalue weighted by molar-refractivity contribution is -0.135. The second kappa shape index (κ2) is 9.93. The van der Waals surface area contributed by atoms with Gasteiger partial charge in [-0.25, -0.2) is 0 Å². The minimum Gasteiger partial charge on any atom is -0.481 e. The zero-order valence-corrected chi connectivity index (χ0v) is 16.3. The highest BCUT2D eigenvalue weighted by atomic mass is 16.5. The minimum absolute atomic E-state index is 0.000533. The first-order valence-electron chi connectivity index (χ1n) is 10.1. The normalized spacial score (nSPS) is 15.5. The Balaban J connectivity index is 1.52. The Morgan fingerprint density at radius 3 is 2.21 bits per heavy atom. The zero-order chi connectivity index (χ0) is 19.8. The Kier molecular flexibility index (Phi) is 7.06. The van der Waals surface area contributed by atoms with Gasteiger partial charge in [0.25, 0.3) is 5.91 Å². The van der Waals surface area contributed by atoms with Gasteiger partial charge in [-0.05, 0) is 42.5 Å². The molecule has 2 amide bonds. The van der Waals surface area contributed by atoms with Crippen LogP contribution >= 0.6 is 0 Å². The van der Waals surface area contributed by atoms with Crippen molar-refractivity contribution in [3.63, 3.8) is 0 Å². The van der Waals surface area contributed by atoms with E-state index in [2.05, 4.69) is 10.9 Å². The van der Waals surface area contributed by atoms with Gasteiger partial charge in [-0.2, -0.15) is 0 Å². The van der Waals surface area contributed by atoms with Gasteiger partial charge < -0.3 is 4.74 Å². The molecule has 0 saturated heterocycles. The van der Waals surface area contributed by atoms with E-state index in [0.717, 1.165) is 36.8 Å². The fraction of sp³-hybridized carbons (Fsp3) is 0.391. The van der Waals surface area contributed by atoms with Gasteiger partial charge >= 0.3 is 0 Å². The molecule has 1 unspecified atom stereocenters. The Morgan fingerprint density at radius 1 is 0.929 bits per heavy atom. The Labute approximate surface area is 166 Å². The van der Waals surface area contributed by atoms with Crippen molar-refractivity contribution >= 4 is 11.8 Å². The van der Waals surface area contributed by atoms with E-state index < -0.39 is 6.10 Å². The van der Waals surface area contributed by atoms with Crippen LogP contribution in [0.1, 0.15) is 45.4 Å². The molecular weight excluding hydrogens is 352 g/mol. The summed E-state index contributed by atoms with van der Waals surface area (Å²) in [6, 6.07) is 17.7. The molecule has 5 nitrogen and oxygen atoms in total. The number of amides is 2. The van der Waals surface area contributed by atoms with Gasteiger partial charge in [-0.15, -0.1) is 0 Å². The van der Waals surface area contributed by atoms with Crippen LogP contribution in [-0.2, 0) is 9.59 Å². The van der Waals surface area contributed by atoms with Gasteiger partial charge in [-0.3, -0.25) is 20.4 Å². The first kappa shape index (κ1) is 19.9. The monoisotopic (exact) mass is 380 g/mol. The highest BCUT2D eigenvalue weighted by Crippen LogP contribution is 2.24. The quantitative estimate of drug-likeness (QED) is 0.737. The standard InChI is InChI=1S/C23H28N2O3/c1-2-21(23(27)25-24-22(26)19-11-7-4-8-12-19)28-20-15-13-18(14-16-20)17-9-5-3-6-10-17/h3,5-6,9-10,13-16,19,21H,2,4,7-8,11-12H2,1H3,(H,24,26)(H,25,27). The molecule has 3 rings (SSSR count). The van der Waals surface area contributed by atoms with Crippen molar-refractivity contribution in [2.45, 2.75) is 51.6 Å². The molecule has 2 aromatic rings. The van der Waals surface area contributed by atoms with E-state index in [0.29, 0.717) is 12.2 Å². The van der Waals surface area contributed by atoms with Crippen LogP contribution in [0.25, 0.3) is 11.1 Å². The maximum Gasteiger partial charge on any atom is 0.279 e. The number of ether oxygens (including phenoxy) is 1. The largest absolute Gasteiger partial charge is 0.481 e. The molecule has 2 aromatic carbocycles. The number of carbonyl (C=O) groups is 2. The summed E-state index contributed by atoms with van der Waals surface area (Å²) in [6.45, 7) is 1.88. The molecule has 0 aliphatic heterocycles. The van der Waals surface area contributed by atoms with Crippen molar-refractivity contribution in [1.29, 1.82) is 0 Å². The molecule has 0 radical (unpaired) electrons. The lowest BCUT2D eigenvalue weighted by Gasteiger charge is -2.22. The van der Waals surface area contributed by atoms with Gasteiger partial charge in [0, 0.05) is 5.92 Å². The second-order valence-electron chi connectivity index (χ2n) is 7.22. The third-order valence-electron chi connectivity index (χ3n) is 5.19. The summed E-state index contributed by atoms with van der Waals surface area (Å²) in [5.41, 5.74) is 7.31. The summed E-state index contributed by atoms with van der Waals surface area (Å²) in [5, 5.41) is 0. The zero-order valence-electron chi connectivity index (χ0n) is 16.3. The van der Waals surface area contributed by atoms with Crippen LogP contribution < -0.4 is 15.6 Å². The number of rotatable bonds is 6. The number of hydrogen-bond donors (Lipinski definition) is 2. The lowest BCUT2D eigenvalue weighted by Crippen LogP contribution is -2.49. The number of carbonyl (C=O) groups excluding carboxylic acids is 2. The first-order valence-corrected chi connectivity index (χ1v) is 10.1. The fourth-order valence-electron chi connectivity index (χ4n) is 3.51. The molecule has 28 heavy (non-hydrogen) atoms. The van der Waals surface area contributed by atoms with Crippen LogP contribution in [0.5, 0.6) is 5.75 Å². The van der Waals surface area contributed by atoms with Crippen LogP contribution in [0.2, 0.25) is 0 Å². The Hall–Kier alpha value is -2.82. The molecule has 0 spiro atoms. The van der Waals surface area contributed by atoms with Gasteiger partial charge in [0.05, 0.1) is 0 Å². The predicted molar refractivity (Wildman–Crippen MR) is 109 cm³/mol. The summed E-state index contributed by atoms with van der Waals surface area (Å²) in [6.07, 6.45) is 4.97. The van der Waals surface area contributed by atoms with Gasteiger partial charge in [-0.1, -0.05) is 68.7 Å². The van der Waals surface area contributed by atoms with Crippen molar-refractivity contribution < 1.29 is 14.3 Å². The molecule has 0 bridgehead atoms. The van der Waals surface area contributed by atoms with Crippen LogP contribution in [-0.4, -0.2) is 17.9 Å². The number of hydrazine groups is 1. The fourth-order valence-corrected chi connectivity index (χ4v) is 3.51. The average molecular weight is 380 g/mol. The van der Waals surface area contributed by atoms with E-state index in [1.807, 2.05) is 61.5 Å². The number of hydrogen-bond acceptors (Lipinski definition) is 3. The Bertz CT molecular complexity index is 768. The SMILES string of the molecule is CCC(Oc1ccc(-c2ccccc2)cc1)C(=O)NNC(=O)C1CCCCC1. The molecule has 5 heteroatoms.